The van der Waals surface area contributed by atoms with Crippen molar-refractivity contribution in [3.05, 3.63) is 64.7 Å². The van der Waals surface area contributed by atoms with Crippen LogP contribution in [0, 0.1) is 6.92 Å². The number of primary sulfonamides is 1. The van der Waals surface area contributed by atoms with Gasteiger partial charge in [-0.25, -0.2) is 18.5 Å². The van der Waals surface area contributed by atoms with Gasteiger partial charge in [0.2, 0.25) is 10.0 Å². The zero-order valence-corrected chi connectivity index (χ0v) is 16.3. The quantitative estimate of drug-likeness (QED) is 0.632. The number of nitrogens with two attached hydrogens (primary N) is 1. The van der Waals surface area contributed by atoms with Gasteiger partial charge in [0.15, 0.2) is 0 Å². The molecule has 0 spiro atoms. The van der Waals surface area contributed by atoms with Crippen LogP contribution < -0.4 is 10.5 Å². The molecule has 2 aromatic carbocycles. The predicted octanol–water partition coefficient (Wildman–Crippen LogP) is 4.40. The zero-order chi connectivity index (χ0) is 20.5. The maximum absolute atomic E-state index is 13.2. The maximum Gasteiger partial charge on any atom is 0.417 e. The molecule has 0 bridgehead atoms. The van der Waals surface area contributed by atoms with E-state index in [0.29, 0.717) is 0 Å². The number of anilines is 1. The summed E-state index contributed by atoms with van der Waals surface area (Å²) in [6, 6.07) is 12.4. The van der Waals surface area contributed by atoms with Crippen LogP contribution in [-0.2, 0) is 22.7 Å². The Morgan fingerprint density at radius 2 is 1.82 bits per heavy atom. The number of nitrogens with one attached hydrogen (secondary N) is 1. The second-order valence-electron chi connectivity index (χ2n) is 6.00. The molecule has 0 atom stereocenters. The molecule has 0 saturated heterocycles. The van der Waals surface area contributed by atoms with Crippen molar-refractivity contribution in [2.45, 2.75) is 24.5 Å². The summed E-state index contributed by atoms with van der Waals surface area (Å²) < 4.78 is 62.5. The van der Waals surface area contributed by atoms with E-state index in [1.807, 2.05) is 37.3 Å². The number of alkyl halides is 3. The van der Waals surface area contributed by atoms with Crippen LogP contribution in [0.3, 0.4) is 0 Å². The molecule has 1 aromatic heterocycles. The molecule has 0 saturated carbocycles. The fourth-order valence-electron chi connectivity index (χ4n) is 2.59. The van der Waals surface area contributed by atoms with E-state index >= 15 is 0 Å². The highest BCUT2D eigenvalue weighted by molar-refractivity contribution is 7.89. The standard InChI is InChI=1S/C18H16F3N3O2S2/c1-11-15(27-17(24-11)12-5-3-2-4-6-12)10-23-13-7-8-16(28(22,25)26)14(9-13)18(19,20)21/h2-9,23H,10H2,1H3,(H2,22,25,26). The summed E-state index contributed by atoms with van der Waals surface area (Å²) in [6.45, 7) is 2.08. The molecule has 0 aliphatic heterocycles. The highest BCUT2D eigenvalue weighted by Gasteiger charge is 2.36. The molecule has 3 rings (SSSR count). The minimum absolute atomic E-state index is 0.133. The molecule has 3 N–H and O–H groups in total. The summed E-state index contributed by atoms with van der Waals surface area (Å²) in [4.78, 5) is 4.41. The predicted molar refractivity (Wildman–Crippen MR) is 102 cm³/mol. The third-order valence-corrected chi connectivity index (χ3v) is 6.13. The summed E-state index contributed by atoms with van der Waals surface area (Å²) in [5.41, 5.74) is 0.562. The van der Waals surface area contributed by atoms with Crippen molar-refractivity contribution in [1.29, 1.82) is 0 Å². The Labute approximate surface area is 164 Å². The van der Waals surface area contributed by atoms with E-state index in [2.05, 4.69) is 10.3 Å². The molecular weight excluding hydrogens is 411 g/mol. The number of thiazole rings is 1. The van der Waals surface area contributed by atoms with Gasteiger partial charge in [0.1, 0.15) is 5.01 Å². The van der Waals surface area contributed by atoms with E-state index in [9.17, 15) is 21.6 Å². The van der Waals surface area contributed by atoms with Gasteiger partial charge in [0.25, 0.3) is 0 Å². The number of sulfonamides is 1. The molecule has 0 aliphatic carbocycles. The minimum atomic E-state index is -4.85. The van der Waals surface area contributed by atoms with Gasteiger partial charge in [-0.3, -0.25) is 0 Å². The van der Waals surface area contributed by atoms with Gasteiger partial charge in [0.05, 0.1) is 22.7 Å². The lowest BCUT2D eigenvalue weighted by Crippen LogP contribution is -2.19. The van der Waals surface area contributed by atoms with Crippen LogP contribution in [0.25, 0.3) is 10.6 Å². The van der Waals surface area contributed by atoms with Gasteiger partial charge >= 0.3 is 6.18 Å². The Hall–Kier alpha value is -2.43. The summed E-state index contributed by atoms with van der Waals surface area (Å²) in [5.74, 6) is 0. The van der Waals surface area contributed by atoms with Crippen LogP contribution in [0.2, 0.25) is 0 Å². The van der Waals surface area contributed by atoms with E-state index in [0.717, 1.165) is 33.3 Å². The SMILES string of the molecule is Cc1nc(-c2ccccc2)sc1CNc1ccc(S(N)(=O)=O)c(C(F)(F)F)c1. The zero-order valence-electron chi connectivity index (χ0n) is 14.6. The summed E-state index contributed by atoms with van der Waals surface area (Å²) in [6.07, 6.45) is -4.85. The van der Waals surface area contributed by atoms with Crippen LogP contribution in [0.5, 0.6) is 0 Å². The van der Waals surface area contributed by atoms with E-state index in [1.54, 1.807) is 0 Å². The molecule has 0 amide bonds. The first-order valence-electron chi connectivity index (χ1n) is 8.05. The van der Waals surface area contributed by atoms with Crippen molar-refractivity contribution in [2.24, 2.45) is 5.14 Å². The van der Waals surface area contributed by atoms with Gasteiger partial charge in [-0.15, -0.1) is 11.3 Å². The van der Waals surface area contributed by atoms with Crippen molar-refractivity contribution in [1.82, 2.24) is 4.98 Å². The van der Waals surface area contributed by atoms with Crippen LogP contribution in [0.15, 0.2) is 53.4 Å². The lowest BCUT2D eigenvalue weighted by Gasteiger charge is -2.14. The van der Waals surface area contributed by atoms with Crippen LogP contribution in [0.1, 0.15) is 16.1 Å². The highest BCUT2D eigenvalue weighted by atomic mass is 32.2. The molecule has 0 aliphatic rings. The van der Waals surface area contributed by atoms with Crippen molar-refractivity contribution in [3.8, 4) is 10.6 Å². The maximum atomic E-state index is 13.2. The van der Waals surface area contributed by atoms with Crippen LogP contribution in [0.4, 0.5) is 18.9 Å². The number of benzene rings is 2. The molecule has 10 heteroatoms. The Bertz CT molecular complexity index is 1100. The topological polar surface area (TPSA) is 85.1 Å². The van der Waals surface area contributed by atoms with E-state index in [-0.39, 0.29) is 12.2 Å². The normalized spacial score (nSPS) is 12.2. The lowest BCUT2D eigenvalue weighted by atomic mass is 10.2. The first-order chi connectivity index (χ1) is 13.1. The molecule has 0 radical (unpaired) electrons. The van der Waals surface area contributed by atoms with Gasteiger partial charge in [-0.05, 0) is 25.1 Å². The molecule has 1 heterocycles. The Morgan fingerprint density at radius 1 is 1.14 bits per heavy atom. The molecule has 148 valence electrons. The number of hydrogen-bond donors (Lipinski definition) is 2. The van der Waals surface area contributed by atoms with E-state index in [4.69, 9.17) is 5.14 Å². The Balaban J connectivity index is 1.85. The smallest absolute Gasteiger partial charge is 0.380 e. The molecule has 28 heavy (non-hydrogen) atoms. The van der Waals surface area contributed by atoms with Crippen molar-refractivity contribution >= 4 is 27.0 Å². The first kappa shape index (κ1) is 20.3. The average molecular weight is 427 g/mol. The fourth-order valence-corrected chi connectivity index (χ4v) is 4.33. The second-order valence-corrected chi connectivity index (χ2v) is 8.61. The van der Waals surface area contributed by atoms with Crippen LogP contribution >= 0.6 is 11.3 Å². The fraction of sp³-hybridized carbons (Fsp3) is 0.167. The number of halogens is 3. The van der Waals surface area contributed by atoms with Gasteiger partial charge in [0, 0.05) is 16.1 Å². The van der Waals surface area contributed by atoms with Gasteiger partial charge in [-0.1, -0.05) is 30.3 Å². The number of aryl methyl sites for hydroxylation is 1. The Kier molecular flexibility index (Phi) is 5.46. The molecular formula is C18H16F3N3O2S2. The molecule has 0 fully saturated rings. The number of rotatable bonds is 5. The molecule has 5 nitrogen and oxygen atoms in total. The van der Waals surface area contributed by atoms with Crippen molar-refractivity contribution < 1.29 is 21.6 Å². The average Bonchev–Trinajstić information content (AvgIpc) is 3.00. The summed E-state index contributed by atoms with van der Waals surface area (Å²) >= 11 is 1.44. The largest absolute Gasteiger partial charge is 0.417 e. The highest BCUT2D eigenvalue weighted by Crippen LogP contribution is 2.36. The third kappa shape index (κ3) is 4.51. The van der Waals surface area contributed by atoms with E-state index in [1.165, 1.54) is 17.4 Å². The summed E-state index contributed by atoms with van der Waals surface area (Å²) in [5, 5.41) is 8.60. The number of aromatic nitrogens is 1. The van der Waals surface area contributed by atoms with Gasteiger partial charge < -0.3 is 5.32 Å². The lowest BCUT2D eigenvalue weighted by molar-refractivity contribution is -0.139. The number of hydrogen-bond acceptors (Lipinski definition) is 5. The van der Waals surface area contributed by atoms with Gasteiger partial charge in [-0.2, -0.15) is 13.2 Å². The van der Waals surface area contributed by atoms with Crippen LogP contribution in [-0.4, -0.2) is 13.4 Å². The number of nitrogens with zero attached hydrogens (tertiary/aromatic N) is 1. The van der Waals surface area contributed by atoms with E-state index < -0.39 is 26.7 Å². The third-order valence-electron chi connectivity index (χ3n) is 3.96. The second kappa shape index (κ2) is 7.53. The Morgan fingerprint density at radius 3 is 2.43 bits per heavy atom. The monoisotopic (exact) mass is 427 g/mol. The molecule has 0 unspecified atom stereocenters. The first-order valence-corrected chi connectivity index (χ1v) is 10.4. The van der Waals surface area contributed by atoms with Crippen molar-refractivity contribution in [3.63, 3.8) is 0 Å². The molecule has 3 aromatic rings. The van der Waals surface area contributed by atoms with Crippen molar-refractivity contribution in [2.75, 3.05) is 5.32 Å². The minimum Gasteiger partial charge on any atom is -0.380 e. The summed E-state index contributed by atoms with van der Waals surface area (Å²) in [7, 11) is -4.49.